The maximum absolute atomic E-state index is 12.2. The lowest BCUT2D eigenvalue weighted by Gasteiger charge is -2.07. The zero-order valence-corrected chi connectivity index (χ0v) is 17.3. The average Bonchev–Trinajstić information content (AvgIpc) is 3.34. The molecule has 0 atom stereocenters. The van der Waals surface area contributed by atoms with Gasteiger partial charge in [-0.1, -0.05) is 65.4 Å². The van der Waals surface area contributed by atoms with Crippen LogP contribution in [0, 0.1) is 6.92 Å². The highest BCUT2D eigenvalue weighted by Crippen LogP contribution is 2.28. The fraction of sp³-hybridized carbons (Fsp3) is 0.143. The van der Waals surface area contributed by atoms with Crippen molar-refractivity contribution in [3.8, 4) is 0 Å². The molecule has 0 fully saturated rings. The molecule has 0 aliphatic heterocycles. The Bertz CT molecular complexity index is 1380. The zero-order valence-electron chi connectivity index (χ0n) is 16.5. The molecule has 0 spiro atoms. The Balaban J connectivity index is 1.44. The summed E-state index contributed by atoms with van der Waals surface area (Å²) in [5, 5.41) is 20.0. The molecule has 5 rings (SSSR count). The molecule has 9 nitrogen and oxygen atoms in total. The van der Waals surface area contributed by atoms with Gasteiger partial charge in [-0.2, -0.15) is 0 Å². The first-order valence-corrected chi connectivity index (χ1v) is 10.5. The number of fused-ring (bicyclic) bond motifs is 3. The highest BCUT2D eigenvalue weighted by Gasteiger charge is 2.16. The van der Waals surface area contributed by atoms with Crippen LogP contribution in [0.15, 0.2) is 64.4 Å². The summed E-state index contributed by atoms with van der Waals surface area (Å²) in [6.45, 7) is 2.36. The summed E-state index contributed by atoms with van der Waals surface area (Å²) in [5.41, 5.74) is 4.19. The van der Waals surface area contributed by atoms with Crippen molar-refractivity contribution in [2.24, 2.45) is 0 Å². The molecule has 3 heterocycles. The number of benzene rings is 2. The molecular weight excluding hydrogens is 414 g/mol. The normalized spacial score (nSPS) is 11.3. The van der Waals surface area contributed by atoms with E-state index in [9.17, 15) is 4.79 Å². The number of nitrogens with zero attached hydrogens (tertiary/aromatic N) is 6. The molecule has 0 saturated heterocycles. The summed E-state index contributed by atoms with van der Waals surface area (Å²) in [7, 11) is 0. The highest BCUT2D eigenvalue weighted by molar-refractivity contribution is 7.99. The third kappa shape index (κ3) is 3.84. The van der Waals surface area contributed by atoms with Gasteiger partial charge in [0.25, 0.3) is 0 Å². The number of hydrogen-bond donors (Lipinski definition) is 1. The molecule has 0 radical (unpaired) electrons. The summed E-state index contributed by atoms with van der Waals surface area (Å²) >= 11 is 1.21. The van der Waals surface area contributed by atoms with Gasteiger partial charge in [-0.15, -0.1) is 10.2 Å². The van der Waals surface area contributed by atoms with Crippen LogP contribution in [-0.2, 0) is 11.3 Å². The van der Waals surface area contributed by atoms with E-state index in [0.717, 1.165) is 27.6 Å². The van der Waals surface area contributed by atoms with Crippen LogP contribution < -0.4 is 5.32 Å². The van der Waals surface area contributed by atoms with Crippen LogP contribution in [-0.4, -0.2) is 41.7 Å². The van der Waals surface area contributed by atoms with Gasteiger partial charge in [-0.25, -0.2) is 9.61 Å². The molecule has 0 aliphatic carbocycles. The van der Waals surface area contributed by atoms with E-state index in [4.69, 9.17) is 4.98 Å². The standard InChI is InChI=1S/C21H17N7O2S/c1-13-19(27-30-26-13)22-17(29)12-31-21-23-20-18(24-25-21)15-9-5-6-10-16(15)28(20)11-14-7-3-2-4-8-14/h2-10H,11-12H2,1H3,(H,22,27,29). The van der Waals surface area contributed by atoms with Crippen LogP contribution in [0.5, 0.6) is 0 Å². The quantitative estimate of drug-likeness (QED) is 0.407. The van der Waals surface area contributed by atoms with E-state index in [1.165, 1.54) is 11.8 Å². The number of rotatable bonds is 6. The molecule has 0 unspecified atom stereocenters. The van der Waals surface area contributed by atoms with Crippen LogP contribution in [0.2, 0.25) is 0 Å². The van der Waals surface area contributed by atoms with E-state index in [1.807, 2.05) is 36.4 Å². The van der Waals surface area contributed by atoms with Gasteiger partial charge in [0.2, 0.25) is 11.1 Å². The van der Waals surface area contributed by atoms with Gasteiger partial charge in [-0.05, 0) is 23.7 Å². The van der Waals surface area contributed by atoms with Crippen molar-refractivity contribution in [1.29, 1.82) is 0 Å². The Kier molecular flexibility index (Phi) is 5.04. The third-order valence-corrected chi connectivity index (χ3v) is 5.62. The fourth-order valence-corrected chi connectivity index (χ4v) is 3.90. The van der Waals surface area contributed by atoms with E-state index in [2.05, 4.69) is 53.2 Å². The molecule has 2 aromatic carbocycles. The minimum atomic E-state index is -0.252. The molecule has 31 heavy (non-hydrogen) atoms. The van der Waals surface area contributed by atoms with Gasteiger partial charge in [0, 0.05) is 11.9 Å². The molecule has 154 valence electrons. The average molecular weight is 431 g/mol. The highest BCUT2D eigenvalue weighted by atomic mass is 32.2. The van der Waals surface area contributed by atoms with Gasteiger partial charge in [0.05, 0.1) is 11.3 Å². The summed E-state index contributed by atoms with van der Waals surface area (Å²) in [6, 6.07) is 18.2. The predicted octanol–water partition coefficient (Wildman–Crippen LogP) is 3.45. The monoisotopic (exact) mass is 431 g/mol. The van der Waals surface area contributed by atoms with Gasteiger partial charge >= 0.3 is 0 Å². The number of aryl methyl sites for hydroxylation is 1. The molecule has 0 aliphatic rings. The number of thioether (sulfide) groups is 1. The first kappa shape index (κ1) is 19.2. The second-order valence-corrected chi connectivity index (χ2v) is 7.83. The fourth-order valence-electron chi connectivity index (χ4n) is 3.32. The van der Waals surface area contributed by atoms with Crippen molar-refractivity contribution in [1.82, 2.24) is 30.1 Å². The summed E-state index contributed by atoms with van der Waals surface area (Å²) in [5.74, 6) is 0.165. The van der Waals surface area contributed by atoms with Crippen LogP contribution >= 0.6 is 11.8 Å². The lowest BCUT2D eigenvalue weighted by molar-refractivity contribution is -0.113. The molecular formula is C21H17N7O2S. The maximum atomic E-state index is 12.2. The topological polar surface area (TPSA) is 112 Å². The molecule has 0 bridgehead atoms. The van der Waals surface area contributed by atoms with Gasteiger partial charge in [0.15, 0.2) is 11.5 Å². The molecule has 10 heteroatoms. The number of carbonyl (C=O) groups is 1. The van der Waals surface area contributed by atoms with Crippen LogP contribution in [0.1, 0.15) is 11.3 Å². The SMILES string of the molecule is Cc1nonc1NC(=O)CSc1nnc2c3ccccc3n(Cc3ccccc3)c2n1. The number of anilines is 1. The van der Waals surface area contributed by atoms with Crippen LogP contribution in [0.25, 0.3) is 22.1 Å². The van der Waals surface area contributed by atoms with Crippen molar-refractivity contribution in [3.05, 3.63) is 65.9 Å². The van der Waals surface area contributed by atoms with Crippen molar-refractivity contribution >= 4 is 45.6 Å². The lowest BCUT2D eigenvalue weighted by atomic mass is 10.2. The third-order valence-electron chi connectivity index (χ3n) is 4.78. The Morgan fingerprint density at radius 2 is 1.87 bits per heavy atom. The minimum absolute atomic E-state index is 0.110. The Morgan fingerprint density at radius 1 is 1.06 bits per heavy atom. The van der Waals surface area contributed by atoms with E-state index < -0.39 is 0 Å². The van der Waals surface area contributed by atoms with Gasteiger partial charge in [-0.3, -0.25) is 4.79 Å². The van der Waals surface area contributed by atoms with Crippen molar-refractivity contribution in [2.45, 2.75) is 18.6 Å². The first-order valence-electron chi connectivity index (χ1n) is 9.56. The van der Waals surface area contributed by atoms with Gasteiger partial charge in [0.1, 0.15) is 11.2 Å². The maximum Gasteiger partial charge on any atom is 0.236 e. The largest absolute Gasteiger partial charge is 0.319 e. The minimum Gasteiger partial charge on any atom is -0.319 e. The van der Waals surface area contributed by atoms with E-state index in [1.54, 1.807) is 6.92 Å². The van der Waals surface area contributed by atoms with E-state index >= 15 is 0 Å². The Hall–Kier alpha value is -3.79. The zero-order chi connectivity index (χ0) is 21.2. The van der Waals surface area contributed by atoms with Gasteiger partial charge < -0.3 is 9.88 Å². The summed E-state index contributed by atoms with van der Waals surface area (Å²) < 4.78 is 6.72. The second kappa shape index (κ2) is 8.15. The number of nitrogens with one attached hydrogen (secondary N) is 1. The van der Waals surface area contributed by atoms with Crippen LogP contribution in [0.4, 0.5) is 5.82 Å². The number of para-hydroxylation sites is 1. The molecule has 3 aromatic heterocycles. The first-order chi connectivity index (χ1) is 15.2. The van der Waals surface area contributed by atoms with Crippen molar-refractivity contribution < 1.29 is 9.42 Å². The predicted molar refractivity (Wildman–Crippen MR) is 117 cm³/mol. The summed E-state index contributed by atoms with van der Waals surface area (Å²) in [6.07, 6.45) is 0. The molecule has 5 aromatic rings. The van der Waals surface area contributed by atoms with Crippen LogP contribution in [0.3, 0.4) is 0 Å². The summed E-state index contributed by atoms with van der Waals surface area (Å²) in [4.78, 5) is 16.9. The smallest absolute Gasteiger partial charge is 0.236 e. The number of amides is 1. The molecule has 1 amide bonds. The molecule has 0 saturated carbocycles. The van der Waals surface area contributed by atoms with Crippen molar-refractivity contribution in [3.63, 3.8) is 0 Å². The Labute approximate surface area is 180 Å². The van der Waals surface area contributed by atoms with Crippen molar-refractivity contribution in [2.75, 3.05) is 11.1 Å². The van der Waals surface area contributed by atoms with E-state index in [0.29, 0.717) is 23.2 Å². The lowest BCUT2D eigenvalue weighted by Crippen LogP contribution is -2.15. The number of aromatic nitrogens is 6. The number of hydrogen-bond acceptors (Lipinski definition) is 8. The molecule has 1 N–H and O–H groups in total. The number of carbonyl (C=O) groups excluding carboxylic acids is 1. The second-order valence-electron chi connectivity index (χ2n) is 6.89. The Morgan fingerprint density at radius 3 is 2.68 bits per heavy atom. The van der Waals surface area contributed by atoms with E-state index in [-0.39, 0.29) is 11.7 Å².